The van der Waals surface area contributed by atoms with E-state index in [2.05, 4.69) is 19.8 Å². The van der Waals surface area contributed by atoms with Gasteiger partial charge in [-0.2, -0.15) is 0 Å². The number of piperazine rings is 1. The van der Waals surface area contributed by atoms with Crippen molar-refractivity contribution in [3.63, 3.8) is 0 Å². The maximum atomic E-state index is 6.41. The molecule has 0 aliphatic carbocycles. The van der Waals surface area contributed by atoms with Crippen molar-refractivity contribution in [3.05, 3.63) is 47.1 Å². The Morgan fingerprint density at radius 1 is 1.03 bits per heavy atom. The van der Waals surface area contributed by atoms with Crippen molar-refractivity contribution in [3.8, 4) is 23.0 Å². The molecule has 2 aromatic heterocycles. The van der Waals surface area contributed by atoms with Crippen molar-refractivity contribution in [2.45, 2.75) is 13.5 Å². The molecule has 0 atom stereocenters. The first kappa shape index (κ1) is 18.2. The zero-order valence-electron chi connectivity index (χ0n) is 16.0. The van der Waals surface area contributed by atoms with Crippen molar-refractivity contribution >= 4 is 17.5 Å². The van der Waals surface area contributed by atoms with Gasteiger partial charge in [-0.1, -0.05) is 11.6 Å². The van der Waals surface area contributed by atoms with Gasteiger partial charge in [-0.3, -0.25) is 4.90 Å². The van der Waals surface area contributed by atoms with Gasteiger partial charge in [0.15, 0.2) is 11.5 Å². The molecule has 0 bridgehead atoms. The Morgan fingerprint density at radius 2 is 1.76 bits per heavy atom. The third-order valence-corrected chi connectivity index (χ3v) is 5.48. The molecule has 1 saturated heterocycles. The second kappa shape index (κ2) is 7.53. The Morgan fingerprint density at radius 3 is 2.52 bits per heavy atom. The van der Waals surface area contributed by atoms with Gasteiger partial charge in [-0.25, -0.2) is 15.0 Å². The lowest BCUT2D eigenvalue weighted by Crippen LogP contribution is -2.46. The second-order valence-electron chi connectivity index (χ2n) is 7.02. The van der Waals surface area contributed by atoms with E-state index in [1.807, 2.05) is 19.1 Å². The average molecular weight is 414 g/mol. The summed E-state index contributed by atoms with van der Waals surface area (Å²) in [6.07, 6.45) is 3.55. The molecule has 29 heavy (non-hydrogen) atoms. The molecule has 0 spiro atoms. The molecule has 0 saturated carbocycles. The van der Waals surface area contributed by atoms with Crippen molar-refractivity contribution in [1.82, 2.24) is 19.9 Å². The molecule has 0 radical (unpaired) electrons. The standard InChI is InChI=1S/C20H20ClN5O3/c1-13-16(11-25-5-7-26(8-6-25)20-22-3-2-4-23-20)24-19(29-13)14-9-17-18(10-15(14)21)28-12-27-17/h2-4,9-10H,5-8,11-12H2,1H3. The molecule has 9 heteroatoms. The van der Waals surface area contributed by atoms with E-state index >= 15 is 0 Å². The lowest BCUT2D eigenvalue weighted by Gasteiger charge is -2.34. The van der Waals surface area contributed by atoms with Crippen LogP contribution in [0.15, 0.2) is 35.0 Å². The van der Waals surface area contributed by atoms with Crippen molar-refractivity contribution in [1.29, 1.82) is 0 Å². The number of fused-ring (bicyclic) bond motifs is 1. The molecule has 1 fully saturated rings. The van der Waals surface area contributed by atoms with Gasteiger partial charge in [0.25, 0.3) is 0 Å². The van der Waals surface area contributed by atoms with E-state index in [-0.39, 0.29) is 6.79 Å². The predicted octanol–water partition coefficient (Wildman–Crippen LogP) is 3.14. The van der Waals surface area contributed by atoms with E-state index in [4.69, 9.17) is 30.5 Å². The fourth-order valence-electron chi connectivity index (χ4n) is 3.54. The number of ether oxygens (including phenoxy) is 2. The fraction of sp³-hybridized carbons (Fsp3) is 0.350. The Labute approximate surface area is 173 Å². The molecule has 8 nitrogen and oxygen atoms in total. The molecule has 4 heterocycles. The van der Waals surface area contributed by atoms with Crippen LogP contribution in [0.3, 0.4) is 0 Å². The lowest BCUT2D eigenvalue weighted by atomic mass is 10.2. The summed E-state index contributed by atoms with van der Waals surface area (Å²) in [5.41, 5.74) is 1.62. The highest BCUT2D eigenvalue weighted by atomic mass is 35.5. The Balaban J connectivity index is 1.28. The topological polar surface area (TPSA) is 76.8 Å². The second-order valence-corrected chi connectivity index (χ2v) is 7.43. The molecular weight excluding hydrogens is 394 g/mol. The number of anilines is 1. The minimum atomic E-state index is 0.199. The molecule has 0 amide bonds. The highest BCUT2D eigenvalue weighted by Gasteiger charge is 2.23. The van der Waals surface area contributed by atoms with E-state index in [0.717, 1.165) is 50.1 Å². The van der Waals surface area contributed by atoms with Crippen LogP contribution in [-0.4, -0.2) is 52.8 Å². The van der Waals surface area contributed by atoms with E-state index in [1.54, 1.807) is 18.5 Å². The largest absolute Gasteiger partial charge is 0.454 e. The number of rotatable bonds is 4. The fourth-order valence-corrected chi connectivity index (χ4v) is 3.78. The Hall–Kier alpha value is -2.84. The average Bonchev–Trinajstić information content (AvgIpc) is 3.34. The normalized spacial score (nSPS) is 16.4. The van der Waals surface area contributed by atoms with E-state index in [1.165, 1.54) is 0 Å². The first-order chi connectivity index (χ1) is 14.2. The van der Waals surface area contributed by atoms with Gasteiger partial charge in [-0.05, 0) is 19.1 Å². The minimum absolute atomic E-state index is 0.199. The van der Waals surface area contributed by atoms with Gasteiger partial charge in [0.05, 0.1) is 16.3 Å². The van der Waals surface area contributed by atoms with Crippen molar-refractivity contribution in [2.24, 2.45) is 0 Å². The van der Waals surface area contributed by atoms with E-state index in [0.29, 0.717) is 28.0 Å². The number of aryl methyl sites for hydroxylation is 1. The van der Waals surface area contributed by atoms with Crippen LogP contribution in [-0.2, 0) is 6.54 Å². The van der Waals surface area contributed by atoms with Crippen molar-refractivity contribution in [2.75, 3.05) is 37.9 Å². The van der Waals surface area contributed by atoms with Crippen LogP contribution in [0.4, 0.5) is 5.95 Å². The van der Waals surface area contributed by atoms with Gasteiger partial charge >= 0.3 is 0 Å². The minimum Gasteiger partial charge on any atom is -0.454 e. The molecule has 2 aliphatic rings. The number of hydrogen-bond donors (Lipinski definition) is 0. The summed E-state index contributed by atoms with van der Waals surface area (Å²) in [7, 11) is 0. The van der Waals surface area contributed by atoms with Gasteiger partial charge in [0.2, 0.25) is 18.6 Å². The molecule has 150 valence electrons. The number of nitrogens with zero attached hydrogens (tertiary/aromatic N) is 5. The lowest BCUT2D eigenvalue weighted by molar-refractivity contribution is 0.174. The van der Waals surface area contributed by atoms with E-state index < -0.39 is 0 Å². The summed E-state index contributed by atoms with van der Waals surface area (Å²) >= 11 is 6.41. The third kappa shape index (κ3) is 3.61. The predicted molar refractivity (Wildman–Crippen MR) is 107 cm³/mol. The van der Waals surface area contributed by atoms with Crippen LogP contribution in [0.5, 0.6) is 11.5 Å². The maximum Gasteiger partial charge on any atom is 0.231 e. The highest BCUT2D eigenvalue weighted by Crippen LogP contribution is 2.41. The van der Waals surface area contributed by atoms with Crippen LogP contribution >= 0.6 is 11.6 Å². The summed E-state index contributed by atoms with van der Waals surface area (Å²) in [6, 6.07) is 5.39. The summed E-state index contributed by atoms with van der Waals surface area (Å²) in [6.45, 7) is 6.42. The molecular formula is C20H20ClN5O3. The molecule has 5 rings (SSSR count). The SMILES string of the molecule is Cc1oc(-c2cc3c(cc2Cl)OCO3)nc1CN1CCN(c2ncccn2)CC1. The Bertz CT molecular complexity index is 1020. The van der Waals surface area contributed by atoms with Gasteiger partial charge in [0.1, 0.15) is 5.76 Å². The summed E-state index contributed by atoms with van der Waals surface area (Å²) in [4.78, 5) is 17.9. The van der Waals surface area contributed by atoms with Crippen LogP contribution < -0.4 is 14.4 Å². The summed E-state index contributed by atoms with van der Waals surface area (Å²) < 4.78 is 16.7. The molecule has 0 unspecified atom stereocenters. The molecule has 1 aromatic carbocycles. The highest BCUT2D eigenvalue weighted by molar-refractivity contribution is 6.33. The summed E-state index contributed by atoms with van der Waals surface area (Å²) in [5, 5.41) is 0.526. The molecule has 0 N–H and O–H groups in total. The van der Waals surface area contributed by atoms with Crippen LogP contribution in [0, 0.1) is 6.92 Å². The number of benzene rings is 1. The molecule has 2 aliphatic heterocycles. The van der Waals surface area contributed by atoms with Gasteiger partial charge in [0, 0.05) is 51.2 Å². The number of halogens is 1. The van der Waals surface area contributed by atoms with Gasteiger partial charge in [-0.15, -0.1) is 0 Å². The zero-order valence-corrected chi connectivity index (χ0v) is 16.7. The van der Waals surface area contributed by atoms with E-state index in [9.17, 15) is 0 Å². The van der Waals surface area contributed by atoms with Gasteiger partial charge < -0.3 is 18.8 Å². The number of oxazole rings is 1. The van der Waals surface area contributed by atoms with Crippen molar-refractivity contribution < 1.29 is 13.9 Å². The van der Waals surface area contributed by atoms with Crippen LogP contribution in [0.2, 0.25) is 5.02 Å². The third-order valence-electron chi connectivity index (χ3n) is 5.17. The zero-order chi connectivity index (χ0) is 19.8. The Kier molecular flexibility index (Phi) is 4.73. The summed E-state index contributed by atoms with van der Waals surface area (Å²) in [5.74, 6) is 3.37. The first-order valence-corrected chi connectivity index (χ1v) is 9.85. The first-order valence-electron chi connectivity index (χ1n) is 9.47. The monoisotopic (exact) mass is 413 g/mol. The maximum absolute atomic E-state index is 6.41. The van der Waals surface area contributed by atoms with Crippen LogP contribution in [0.25, 0.3) is 11.5 Å². The number of aromatic nitrogens is 3. The molecule has 3 aromatic rings. The smallest absolute Gasteiger partial charge is 0.231 e. The quantitative estimate of drug-likeness (QED) is 0.645. The number of hydrogen-bond acceptors (Lipinski definition) is 8. The van der Waals surface area contributed by atoms with Crippen LogP contribution in [0.1, 0.15) is 11.5 Å².